The van der Waals surface area contributed by atoms with Crippen molar-refractivity contribution >= 4 is 44.0 Å². The van der Waals surface area contributed by atoms with Crippen LogP contribution >= 0.6 is 0 Å². The molecule has 56 heavy (non-hydrogen) atoms. The van der Waals surface area contributed by atoms with Crippen molar-refractivity contribution in [2.45, 2.75) is 49.5 Å². The second kappa shape index (κ2) is 16.3. The Bertz CT molecular complexity index is 2340. The van der Waals surface area contributed by atoms with Crippen molar-refractivity contribution in [3.8, 4) is 11.5 Å². The lowest BCUT2D eigenvalue weighted by atomic mass is 9.97. The first kappa shape index (κ1) is 37.4. The topological polar surface area (TPSA) is 172 Å². The lowest BCUT2D eigenvalue weighted by Gasteiger charge is -2.40. The van der Waals surface area contributed by atoms with E-state index in [-0.39, 0.29) is 22.9 Å². The lowest BCUT2D eigenvalue weighted by Crippen LogP contribution is -2.47. The fourth-order valence-corrected chi connectivity index (χ4v) is 9.05. The summed E-state index contributed by atoms with van der Waals surface area (Å²) < 4.78 is 41.0. The number of aromatic amines is 1. The molecule has 15 heteroatoms. The third-order valence-corrected chi connectivity index (χ3v) is 12.5. The van der Waals surface area contributed by atoms with E-state index in [1.165, 1.54) is 42.3 Å². The third kappa shape index (κ3) is 8.20. The summed E-state index contributed by atoms with van der Waals surface area (Å²) in [6.07, 6.45) is 9.59. The number of aryl methyl sites for hydroxylation is 1. The van der Waals surface area contributed by atoms with E-state index in [1.54, 1.807) is 30.5 Å². The van der Waals surface area contributed by atoms with Crippen LogP contribution in [-0.2, 0) is 21.2 Å². The molecule has 0 radical (unpaired) electrons. The Morgan fingerprint density at radius 3 is 2.62 bits per heavy atom. The molecule has 3 aliphatic rings. The Morgan fingerprint density at radius 1 is 0.982 bits per heavy atom. The van der Waals surface area contributed by atoms with E-state index >= 15 is 0 Å². The molecule has 1 aliphatic carbocycles. The molecule has 3 N–H and O–H groups in total. The van der Waals surface area contributed by atoms with E-state index in [4.69, 9.17) is 9.47 Å². The maximum Gasteiger partial charge on any atom is 0.293 e. The minimum Gasteiger partial charge on any atom is -0.455 e. The standard InChI is InChI=1S/C41H45N7O7S/c49-41(45-56(52,53)33-10-12-36(38(25-33)48(50)51)43-26-28-14-21-54-22-15-28)35-11-9-31(24-39(35)55-32-23-30-13-16-42-40(30)44-27-32)46-17-19-47(20-18-46)37-8-4-2-6-29-5-1-3-7-34(29)37/h1,3,5,7,9-13,16,23-25,27-28,37,43H,2,4,6,8,14-15,17-22,26H2,(H,42,44)(H,45,49)/t37-/m0/s1. The second-order valence-corrected chi connectivity index (χ2v) is 16.3. The largest absolute Gasteiger partial charge is 0.455 e. The fraction of sp³-hybridized carbons (Fsp3) is 0.366. The average molecular weight is 780 g/mol. The molecular formula is C41H45N7O7S. The molecule has 2 fully saturated rings. The minimum atomic E-state index is -4.53. The zero-order valence-corrected chi connectivity index (χ0v) is 31.8. The van der Waals surface area contributed by atoms with Crippen molar-refractivity contribution in [3.63, 3.8) is 0 Å². The predicted octanol–water partition coefficient (Wildman–Crippen LogP) is 6.81. The van der Waals surface area contributed by atoms with Crippen LogP contribution in [0.3, 0.4) is 0 Å². The molecule has 1 amide bonds. The Kier molecular flexibility index (Phi) is 10.9. The first-order valence-electron chi connectivity index (χ1n) is 19.2. The lowest BCUT2D eigenvalue weighted by molar-refractivity contribution is -0.384. The SMILES string of the molecule is O=C(NS(=O)(=O)c1ccc(NCC2CCOCC2)c([N+](=O)[O-])c1)c1ccc(N2CCN([C@H]3CCCCc4ccccc43)CC2)cc1Oc1cnc2[nH]ccc2c1. The van der Waals surface area contributed by atoms with Crippen LogP contribution in [0.1, 0.15) is 59.6 Å². The predicted molar refractivity (Wildman–Crippen MR) is 213 cm³/mol. The number of sulfonamides is 1. The number of nitro groups is 1. The molecule has 3 aromatic carbocycles. The van der Waals surface area contributed by atoms with E-state index in [0.29, 0.717) is 37.2 Å². The van der Waals surface area contributed by atoms with E-state index in [9.17, 15) is 23.3 Å². The minimum absolute atomic E-state index is 0.0237. The van der Waals surface area contributed by atoms with Crippen LogP contribution in [0.15, 0.2) is 90.1 Å². The van der Waals surface area contributed by atoms with Crippen molar-refractivity contribution in [2.75, 3.05) is 56.2 Å². The van der Waals surface area contributed by atoms with Crippen LogP contribution in [-0.4, -0.2) is 80.1 Å². The summed E-state index contributed by atoms with van der Waals surface area (Å²) in [7, 11) is -4.53. The average Bonchev–Trinajstić information content (AvgIpc) is 3.58. The van der Waals surface area contributed by atoms with Crippen LogP contribution in [0.25, 0.3) is 11.0 Å². The normalized spacial score (nSPS) is 18.2. The maximum absolute atomic E-state index is 13.8. The molecule has 0 bridgehead atoms. The van der Waals surface area contributed by atoms with Gasteiger partial charge in [-0.1, -0.05) is 30.7 Å². The summed E-state index contributed by atoms with van der Waals surface area (Å²) in [5.41, 5.74) is 4.14. The van der Waals surface area contributed by atoms with Crippen LogP contribution in [0, 0.1) is 16.0 Å². The Hall–Kier alpha value is -5.51. The number of carbonyl (C=O) groups is 1. The molecule has 5 aromatic rings. The number of nitro benzene ring substituents is 1. The zero-order valence-electron chi connectivity index (χ0n) is 31.0. The number of pyridine rings is 1. The number of amides is 1. The number of fused-ring (bicyclic) bond motifs is 2. The highest BCUT2D eigenvalue weighted by atomic mass is 32.2. The Balaban J connectivity index is 1.02. The third-order valence-electron chi connectivity index (χ3n) is 11.1. The van der Waals surface area contributed by atoms with E-state index in [1.807, 2.05) is 6.07 Å². The van der Waals surface area contributed by atoms with E-state index < -0.39 is 31.4 Å². The highest BCUT2D eigenvalue weighted by Crippen LogP contribution is 2.36. The van der Waals surface area contributed by atoms with Crippen LogP contribution in [0.2, 0.25) is 0 Å². The number of nitrogens with one attached hydrogen (secondary N) is 3. The molecule has 1 atom stereocenters. The molecule has 0 spiro atoms. The van der Waals surface area contributed by atoms with Crippen molar-refractivity contribution in [1.29, 1.82) is 0 Å². The smallest absolute Gasteiger partial charge is 0.293 e. The van der Waals surface area contributed by atoms with Gasteiger partial charge in [0.15, 0.2) is 0 Å². The number of hydrogen-bond donors (Lipinski definition) is 3. The van der Waals surface area contributed by atoms with Gasteiger partial charge in [-0.25, -0.2) is 18.1 Å². The molecule has 2 aliphatic heterocycles. The number of anilines is 2. The van der Waals surface area contributed by atoms with Crippen molar-refractivity contribution < 1.29 is 27.6 Å². The molecule has 4 heterocycles. The van der Waals surface area contributed by atoms with E-state index in [2.05, 4.69) is 54.1 Å². The molecule has 292 valence electrons. The van der Waals surface area contributed by atoms with Gasteiger partial charge < -0.3 is 24.7 Å². The van der Waals surface area contributed by atoms with Crippen LogP contribution < -0.4 is 19.7 Å². The Labute approximate surface area is 325 Å². The first-order chi connectivity index (χ1) is 27.2. The summed E-state index contributed by atoms with van der Waals surface area (Å²) in [5.74, 6) is -0.153. The molecule has 8 rings (SSSR count). The molecular weight excluding hydrogens is 735 g/mol. The summed E-state index contributed by atoms with van der Waals surface area (Å²) in [6.45, 7) is 4.99. The summed E-state index contributed by atoms with van der Waals surface area (Å²) in [6, 6.07) is 21.5. The fourth-order valence-electron chi connectivity index (χ4n) is 8.07. The van der Waals surface area contributed by atoms with Crippen LogP contribution in [0.5, 0.6) is 11.5 Å². The number of aromatic nitrogens is 2. The maximum atomic E-state index is 13.8. The monoisotopic (exact) mass is 779 g/mol. The molecule has 2 aromatic heterocycles. The van der Waals surface area contributed by atoms with Gasteiger partial charge in [-0.2, -0.15) is 0 Å². The summed E-state index contributed by atoms with van der Waals surface area (Å²) in [5, 5.41) is 15.9. The zero-order chi connectivity index (χ0) is 38.6. The van der Waals surface area contributed by atoms with Gasteiger partial charge in [0, 0.05) is 81.4 Å². The van der Waals surface area contributed by atoms with Gasteiger partial charge in [-0.15, -0.1) is 0 Å². The van der Waals surface area contributed by atoms with Crippen molar-refractivity contribution in [2.24, 2.45) is 5.92 Å². The number of benzene rings is 3. The summed E-state index contributed by atoms with van der Waals surface area (Å²) in [4.78, 5) is 37.1. The number of rotatable bonds is 11. The quantitative estimate of drug-likeness (QED) is 0.0731. The molecule has 0 unspecified atom stereocenters. The van der Waals surface area contributed by atoms with Gasteiger partial charge in [-0.3, -0.25) is 19.8 Å². The highest BCUT2D eigenvalue weighted by molar-refractivity contribution is 7.90. The number of hydrogen-bond acceptors (Lipinski definition) is 11. The van der Waals surface area contributed by atoms with Gasteiger partial charge in [-0.05, 0) is 85.5 Å². The van der Waals surface area contributed by atoms with Gasteiger partial charge in [0.2, 0.25) is 0 Å². The second-order valence-electron chi connectivity index (χ2n) is 14.7. The molecule has 0 saturated carbocycles. The van der Waals surface area contributed by atoms with Gasteiger partial charge in [0.05, 0.1) is 21.6 Å². The molecule has 14 nitrogen and oxygen atoms in total. The van der Waals surface area contributed by atoms with E-state index in [0.717, 1.165) is 69.0 Å². The van der Waals surface area contributed by atoms with Crippen molar-refractivity contribution in [1.82, 2.24) is 19.6 Å². The Morgan fingerprint density at radius 2 is 1.80 bits per heavy atom. The van der Waals surface area contributed by atoms with Gasteiger partial charge >= 0.3 is 0 Å². The van der Waals surface area contributed by atoms with Crippen LogP contribution in [0.4, 0.5) is 17.1 Å². The summed E-state index contributed by atoms with van der Waals surface area (Å²) >= 11 is 0. The number of H-pyrrole nitrogens is 1. The number of nitrogens with zero attached hydrogens (tertiary/aromatic N) is 4. The molecule has 2 saturated heterocycles. The first-order valence-corrected chi connectivity index (χ1v) is 20.7. The number of carbonyl (C=O) groups excluding carboxylic acids is 1. The van der Waals surface area contributed by atoms with Gasteiger partial charge in [0.1, 0.15) is 22.8 Å². The van der Waals surface area contributed by atoms with Crippen molar-refractivity contribution in [3.05, 3.63) is 112 Å². The van der Waals surface area contributed by atoms with Gasteiger partial charge in [0.25, 0.3) is 21.6 Å². The highest BCUT2D eigenvalue weighted by Gasteiger charge is 2.30. The number of piperazine rings is 1. The number of ether oxygens (including phenoxy) is 2.